The SMILES string of the molecule is O=C(NCC1CN(Cc2ccccc2)CCO1)c1cc(Br)ccc1Cl. The van der Waals surface area contributed by atoms with Crippen molar-refractivity contribution in [2.45, 2.75) is 12.6 Å². The number of hydrogen-bond acceptors (Lipinski definition) is 3. The number of nitrogens with zero attached hydrogens (tertiary/aromatic N) is 1. The monoisotopic (exact) mass is 422 g/mol. The summed E-state index contributed by atoms with van der Waals surface area (Å²) in [5.74, 6) is -0.185. The van der Waals surface area contributed by atoms with Gasteiger partial charge in [0.05, 0.1) is 23.3 Å². The predicted molar refractivity (Wildman–Crippen MR) is 103 cm³/mol. The molecule has 0 aliphatic carbocycles. The third kappa shape index (κ3) is 5.28. The van der Waals surface area contributed by atoms with Crippen LogP contribution in [0.1, 0.15) is 15.9 Å². The number of carbonyl (C=O) groups excluding carboxylic acids is 1. The van der Waals surface area contributed by atoms with Crippen LogP contribution in [-0.4, -0.2) is 43.2 Å². The molecule has 1 heterocycles. The number of amides is 1. The molecule has 0 spiro atoms. The molecular weight excluding hydrogens is 404 g/mol. The molecule has 1 aliphatic heterocycles. The van der Waals surface area contributed by atoms with E-state index in [9.17, 15) is 4.79 Å². The molecule has 1 fully saturated rings. The van der Waals surface area contributed by atoms with Gasteiger partial charge < -0.3 is 10.1 Å². The fourth-order valence-corrected chi connectivity index (χ4v) is 3.43. The molecule has 1 unspecified atom stereocenters. The van der Waals surface area contributed by atoms with E-state index in [4.69, 9.17) is 16.3 Å². The first kappa shape index (κ1) is 18.4. The van der Waals surface area contributed by atoms with Crippen LogP contribution in [0.4, 0.5) is 0 Å². The summed E-state index contributed by atoms with van der Waals surface area (Å²) in [5.41, 5.74) is 1.75. The molecule has 3 rings (SSSR count). The highest BCUT2D eigenvalue weighted by Gasteiger charge is 2.21. The number of hydrogen-bond donors (Lipinski definition) is 1. The zero-order valence-corrected chi connectivity index (χ0v) is 16.1. The van der Waals surface area contributed by atoms with E-state index in [1.54, 1.807) is 12.1 Å². The Balaban J connectivity index is 1.52. The number of ether oxygens (including phenoxy) is 1. The van der Waals surface area contributed by atoms with E-state index in [0.717, 1.165) is 24.1 Å². The second-order valence-electron chi connectivity index (χ2n) is 6.05. The van der Waals surface area contributed by atoms with E-state index in [1.807, 2.05) is 12.1 Å². The van der Waals surface area contributed by atoms with Gasteiger partial charge in [0.2, 0.25) is 0 Å². The summed E-state index contributed by atoms with van der Waals surface area (Å²) in [4.78, 5) is 14.7. The Hall–Kier alpha value is -1.40. The van der Waals surface area contributed by atoms with Crippen LogP contribution in [0.3, 0.4) is 0 Å². The van der Waals surface area contributed by atoms with Crippen LogP contribution in [0.15, 0.2) is 53.0 Å². The maximum Gasteiger partial charge on any atom is 0.252 e. The van der Waals surface area contributed by atoms with Gasteiger partial charge in [-0.25, -0.2) is 0 Å². The van der Waals surface area contributed by atoms with Crippen LogP contribution in [-0.2, 0) is 11.3 Å². The molecule has 1 N–H and O–H groups in total. The fraction of sp³-hybridized carbons (Fsp3) is 0.316. The number of benzene rings is 2. The van der Waals surface area contributed by atoms with Gasteiger partial charge in [-0.1, -0.05) is 57.9 Å². The minimum atomic E-state index is -0.185. The standard InChI is InChI=1S/C19H20BrClN2O2/c20-15-6-7-18(21)17(10-15)19(24)22-11-16-13-23(8-9-25-16)12-14-4-2-1-3-5-14/h1-7,10,16H,8-9,11-13H2,(H,22,24). The molecule has 132 valence electrons. The van der Waals surface area contributed by atoms with Crippen molar-refractivity contribution in [1.82, 2.24) is 10.2 Å². The molecule has 2 aromatic rings. The molecule has 2 aromatic carbocycles. The lowest BCUT2D eigenvalue weighted by molar-refractivity contribution is -0.0292. The lowest BCUT2D eigenvalue weighted by atomic mass is 10.2. The van der Waals surface area contributed by atoms with Crippen LogP contribution < -0.4 is 5.32 Å². The molecule has 0 saturated carbocycles. The Morgan fingerprint density at radius 2 is 2.08 bits per heavy atom. The molecule has 1 amide bonds. The molecule has 0 aromatic heterocycles. The van der Waals surface area contributed by atoms with Crippen molar-refractivity contribution in [3.8, 4) is 0 Å². The Bertz CT molecular complexity index is 727. The minimum absolute atomic E-state index is 0.0210. The second-order valence-corrected chi connectivity index (χ2v) is 7.37. The summed E-state index contributed by atoms with van der Waals surface area (Å²) < 4.78 is 6.61. The molecule has 25 heavy (non-hydrogen) atoms. The summed E-state index contributed by atoms with van der Waals surface area (Å²) in [6.07, 6.45) is -0.0210. The van der Waals surface area contributed by atoms with E-state index in [0.29, 0.717) is 23.7 Å². The molecular formula is C19H20BrClN2O2. The van der Waals surface area contributed by atoms with Gasteiger partial charge in [-0.2, -0.15) is 0 Å². The van der Waals surface area contributed by atoms with Gasteiger partial charge in [-0.3, -0.25) is 9.69 Å². The molecule has 6 heteroatoms. The number of morpholine rings is 1. The highest BCUT2D eigenvalue weighted by atomic mass is 79.9. The third-order valence-electron chi connectivity index (χ3n) is 4.14. The summed E-state index contributed by atoms with van der Waals surface area (Å²) >= 11 is 9.47. The van der Waals surface area contributed by atoms with Gasteiger partial charge in [-0.15, -0.1) is 0 Å². The molecule has 0 radical (unpaired) electrons. The first-order chi connectivity index (χ1) is 12.1. The quantitative estimate of drug-likeness (QED) is 0.797. The van der Waals surface area contributed by atoms with E-state index in [-0.39, 0.29) is 12.0 Å². The van der Waals surface area contributed by atoms with Crippen LogP contribution >= 0.6 is 27.5 Å². The van der Waals surface area contributed by atoms with Gasteiger partial charge in [0, 0.05) is 30.7 Å². The molecule has 1 atom stereocenters. The summed E-state index contributed by atoms with van der Waals surface area (Å²) in [6, 6.07) is 15.6. The number of halogens is 2. The molecule has 4 nitrogen and oxygen atoms in total. The Morgan fingerprint density at radius 3 is 2.88 bits per heavy atom. The third-order valence-corrected chi connectivity index (χ3v) is 4.96. The van der Waals surface area contributed by atoms with Crippen LogP contribution in [0, 0.1) is 0 Å². The van der Waals surface area contributed by atoms with Crippen molar-refractivity contribution < 1.29 is 9.53 Å². The van der Waals surface area contributed by atoms with E-state index >= 15 is 0 Å². The predicted octanol–water partition coefficient (Wildman–Crippen LogP) is 3.73. The molecule has 0 bridgehead atoms. The summed E-state index contributed by atoms with van der Waals surface area (Å²) in [7, 11) is 0. The Morgan fingerprint density at radius 1 is 1.28 bits per heavy atom. The lowest BCUT2D eigenvalue weighted by Gasteiger charge is -2.33. The smallest absolute Gasteiger partial charge is 0.252 e. The van der Waals surface area contributed by atoms with Crippen molar-refractivity contribution in [3.63, 3.8) is 0 Å². The Kier molecular flexibility index (Phi) is 6.48. The number of rotatable bonds is 5. The van der Waals surface area contributed by atoms with Gasteiger partial charge in [0.15, 0.2) is 0 Å². The van der Waals surface area contributed by atoms with Crippen LogP contribution in [0.5, 0.6) is 0 Å². The van der Waals surface area contributed by atoms with Gasteiger partial charge >= 0.3 is 0 Å². The molecule has 1 saturated heterocycles. The summed E-state index contributed by atoms with van der Waals surface area (Å²) in [5, 5.41) is 3.37. The van der Waals surface area contributed by atoms with Gasteiger partial charge in [0.1, 0.15) is 0 Å². The lowest BCUT2D eigenvalue weighted by Crippen LogP contribution is -2.47. The van der Waals surface area contributed by atoms with E-state index < -0.39 is 0 Å². The van der Waals surface area contributed by atoms with Crippen molar-refractivity contribution >= 4 is 33.4 Å². The first-order valence-corrected chi connectivity index (χ1v) is 9.40. The average molecular weight is 424 g/mol. The normalized spacial score (nSPS) is 18.1. The zero-order chi connectivity index (χ0) is 17.6. The zero-order valence-electron chi connectivity index (χ0n) is 13.8. The topological polar surface area (TPSA) is 41.6 Å². The maximum atomic E-state index is 12.3. The van der Waals surface area contributed by atoms with Crippen molar-refractivity contribution in [2.24, 2.45) is 0 Å². The van der Waals surface area contributed by atoms with E-state index in [2.05, 4.69) is 50.4 Å². The minimum Gasteiger partial charge on any atom is -0.374 e. The second kappa shape index (κ2) is 8.81. The van der Waals surface area contributed by atoms with Crippen LogP contribution in [0.25, 0.3) is 0 Å². The molecule has 1 aliphatic rings. The number of carbonyl (C=O) groups is 1. The number of nitrogens with one attached hydrogen (secondary N) is 1. The van der Waals surface area contributed by atoms with Gasteiger partial charge in [-0.05, 0) is 23.8 Å². The van der Waals surface area contributed by atoms with Crippen molar-refractivity contribution in [1.29, 1.82) is 0 Å². The maximum absolute atomic E-state index is 12.3. The fourth-order valence-electron chi connectivity index (χ4n) is 2.86. The largest absolute Gasteiger partial charge is 0.374 e. The first-order valence-electron chi connectivity index (χ1n) is 8.23. The highest BCUT2D eigenvalue weighted by molar-refractivity contribution is 9.10. The van der Waals surface area contributed by atoms with E-state index in [1.165, 1.54) is 5.56 Å². The average Bonchev–Trinajstić information content (AvgIpc) is 2.63. The summed E-state index contributed by atoms with van der Waals surface area (Å²) in [6.45, 7) is 3.72. The Labute approximate surface area is 161 Å². The van der Waals surface area contributed by atoms with Crippen molar-refractivity contribution in [3.05, 3.63) is 69.2 Å². The van der Waals surface area contributed by atoms with Crippen LogP contribution in [0.2, 0.25) is 5.02 Å². The highest BCUT2D eigenvalue weighted by Crippen LogP contribution is 2.21. The van der Waals surface area contributed by atoms with Gasteiger partial charge in [0.25, 0.3) is 5.91 Å². The van der Waals surface area contributed by atoms with Crippen molar-refractivity contribution in [2.75, 3.05) is 26.2 Å².